The van der Waals surface area contributed by atoms with Crippen molar-refractivity contribution in [1.29, 1.82) is 0 Å². The number of methoxy groups -OCH3 is 1. The molecular formula is C31H47N3O3. The Balaban J connectivity index is 2.27. The van der Waals surface area contributed by atoms with Crippen molar-refractivity contribution in [1.82, 2.24) is 4.90 Å². The third-order valence-corrected chi connectivity index (χ3v) is 6.34. The van der Waals surface area contributed by atoms with E-state index in [1.807, 2.05) is 30.9 Å². The summed E-state index contributed by atoms with van der Waals surface area (Å²) in [6.45, 7) is 21.9. The van der Waals surface area contributed by atoms with E-state index in [-0.39, 0.29) is 11.3 Å². The Labute approximate surface area is 223 Å². The van der Waals surface area contributed by atoms with Crippen LogP contribution in [-0.2, 0) is 9.53 Å². The van der Waals surface area contributed by atoms with E-state index < -0.39 is 0 Å². The summed E-state index contributed by atoms with van der Waals surface area (Å²) in [5, 5.41) is 1.06. The summed E-state index contributed by atoms with van der Waals surface area (Å²) in [5.41, 5.74) is 10.5. The Morgan fingerprint density at radius 1 is 1.19 bits per heavy atom. The van der Waals surface area contributed by atoms with Gasteiger partial charge in [0.05, 0.1) is 13.4 Å². The molecule has 0 spiro atoms. The second-order valence-electron chi connectivity index (χ2n) is 11.5. The number of anilines is 1. The zero-order chi connectivity index (χ0) is 27.8. The standard InChI is InChI=1S/C31H47N3O3/c1-22(2)20-34(29(35)18-31(6,7)8)15-10-14-33(27-11-12-28-26(17-27)13-16-37-28)21-24(4)25(5)30(36-9)23(3)19-32/h11-13,16-17,19,22H,4,10,14-15,18,20-21,32H2,1-3,5-9H3/b23-19-,30-25+. The van der Waals surface area contributed by atoms with Crippen molar-refractivity contribution in [3.05, 3.63) is 65.8 Å². The Hall–Kier alpha value is -3.15. The van der Waals surface area contributed by atoms with Gasteiger partial charge in [0, 0.05) is 55.4 Å². The molecule has 0 radical (unpaired) electrons. The van der Waals surface area contributed by atoms with E-state index in [0.717, 1.165) is 65.2 Å². The highest BCUT2D eigenvalue weighted by molar-refractivity contribution is 5.81. The summed E-state index contributed by atoms with van der Waals surface area (Å²) in [6.07, 6.45) is 4.66. The van der Waals surface area contributed by atoms with Crippen molar-refractivity contribution in [2.45, 2.75) is 61.3 Å². The molecule has 6 heteroatoms. The highest BCUT2D eigenvalue weighted by atomic mass is 16.5. The van der Waals surface area contributed by atoms with Gasteiger partial charge in [-0.2, -0.15) is 0 Å². The van der Waals surface area contributed by atoms with Gasteiger partial charge in [-0.3, -0.25) is 4.79 Å². The zero-order valence-electron chi connectivity index (χ0n) is 24.2. The molecule has 6 nitrogen and oxygen atoms in total. The molecule has 2 rings (SSSR count). The summed E-state index contributed by atoms with van der Waals surface area (Å²) in [7, 11) is 1.65. The van der Waals surface area contributed by atoms with Gasteiger partial charge in [-0.05, 0) is 67.0 Å². The minimum Gasteiger partial charge on any atom is -0.496 e. The molecule has 0 bridgehead atoms. The Morgan fingerprint density at radius 2 is 1.89 bits per heavy atom. The lowest BCUT2D eigenvalue weighted by atomic mass is 9.91. The topological polar surface area (TPSA) is 71.9 Å². The smallest absolute Gasteiger partial charge is 0.223 e. The van der Waals surface area contributed by atoms with Crippen LogP contribution in [-0.4, -0.2) is 44.1 Å². The van der Waals surface area contributed by atoms with Gasteiger partial charge in [0.15, 0.2) is 0 Å². The number of carbonyl (C=O) groups excluding carboxylic acids is 1. The van der Waals surface area contributed by atoms with Crippen LogP contribution in [0.3, 0.4) is 0 Å². The number of ether oxygens (including phenoxy) is 1. The average molecular weight is 510 g/mol. The third-order valence-electron chi connectivity index (χ3n) is 6.34. The largest absolute Gasteiger partial charge is 0.496 e. The predicted octanol–water partition coefficient (Wildman–Crippen LogP) is 6.89. The molecule has 0 aliphatic carbocycles. The highest BCUT2D eigenvalue weighted by Crippen LogP contribution is 2.27. The Morgan fingerprint density at radius 3 is 2.49 bits per heavy atom. The molecule has 0 aliphatic rings. The SMILES string of the molecule is C=C(CN(CCCN(CC(C)C)C(=O)CC(C)(C)C)c1ccc2occc2c1)/C(C)=C(OC)\C(C)=C/N. The minimum absolute atomic E-state index is 0.0326. The first-order valence-electron chi connectivity index (χ1n) is 13.2. The van der Waals surface area contributed by atoms with Crippen LogP contribution in [0.5, 0.6) is 0 Å². The van der Waals surface area contributed by atoms with Gasteiger partial charge in [-0.15, -0.1) is 0 Å². The van der Waals surface area contributed by atoms with Crippen LogP contribution in [0.2, 0.25) is 0 Å². The number of carbonyl (C=O) groups is 1. The fourth-order valence-electron chi connectivity index (χ4n) is 4.42. The second kappa shape index (κ2) is 13.4. The molecule has 0 saturated carbocycles. The molecule has 204 valence electrons. The number of benzene rings is 1. The molecule has 1 amide bonds. The Kier molecular flexibility index (Phi) is 10.9. The molecule has 0 unspecified atom stereocenters. The van der Waals surface area contributed by atoms with Crippen LogP contribution in [0.15, 0.2) is 70.2 Å². The summed E-state index contributed by atoms with van der Waals surface area (Å²) >= 11 is 0. The van der Waals surface area contributed by atoms with Crippen molar-refractivity contribution < 1.29 is 13.9 Å². The van der Waals surface area contributed by atoms with E-state index in [1.54, 1.807) is 19.6 Å². The molecule has 2 aromatic rings. The van der Waals surface area contributed by atoms with Crippen molar-refractivity contribution in [3.63, 3.8) is 0 Å². The number of furan rings is 1. The molecule has 1 heterocycles. The summed E-state index contributed by atoms with van der Waals surface area (Å²) in [5.74, 6) is 1.39. The van der Waals surface area contributed by atoms with Crippen LogP contribution in [0.1, 0.15) is 61.3 Å². The summed E-state index contributed by atoms with van der Waals surface area (Å²) in [4.78, 5) is 17.4. The van der Waals surface area contributed by atoms with Gasteiger partial charge < -0.3 is 24.7 Å². The quantitative estimate of drug-likeness (QED) is 0.235. The molecular weight excluding hydrogens is 462 g/mol. The number of rotatable bonds is 13. The molecule has 0 saturated heterocycles. The van der Waals surface area contributed by atoms with E-state index in [2.05, 4.69) is 58.2 Å². The maximum absolute atomic E-state index is 13.1. The molecule has 2 N–H and O–H groups in total. The maximum atomic E-state index is 13.1. The van der Waals surface area contributed by atoms with E-state index in [9.17, 15) is 4.79 Å². The fourth-order valence-corrected chi connectivity index (χ4v) is 4.42. The molecule has 1 aromatic carbocycles. The summed E-state index contributed by atoms with van der Waals surface area (Å²) < 4.78 is 11.2. The van der Waals surface area contributed by atoms with Crippen molar-refractivity contribution in [2.24, 2.45) is 17.1 Å². The lowest BCUT2D eigenvalue weighted by Crippen LogP contribution is -2.38. The van der Waals surface area contributed by atoms with Gasteiger partial charge in [-0.1, -0.05) is 41.2 Å². The molecule has 37 heavy (non-hydrogen) atoms. The first kappa shape index (κ1) is 30.1. The van der Waals surface area contributed by atoms with Crippen LogP contribution in [0.25, 0.3) is 11.0 Å². The monoisotopic (exact) mass is 509 g/mol. The fraction of sp³-hybridized carbons (Fsp3) is 0.516. The van der Waals surface area contributed by atoms with Crippen molar-refractivity contribution in [2.75, 3.05) is 38.2 Å². The molecule has 0 atom stereocenters. The lowest BCUT2D eigenvalue weighted by molar-refractivity contribution is -0.133. The number of nitrogens with two attached hydrogens (primary N) is 1. The third kappa shape index (κ3) is 9.03. The van der Waals surface area contributed by atoms with Crippen molar-refractivity contribution >= 4 is 22.6 Å². The van der Waals surface area contributed by atoms with E-state index in [4.69, 9.17) is 14.9 Å². The first-order chi connectivity index (χ1) is 17.4. The lowest BCUT2D eigenvalue weighted by Gasteiger charge is -2.31. The van der Waals surface area contributed by atoms with Gasteiger partial charge in [-0.25, -0.2) is 0 Å². The highest BCUT2D eigenvalue weighted by Gasteiger charge is 2.22. The minimum atomic E-state index is -0.0326. The predicted molar refractivity (Wildman–Crippen MR) is 155 cm³/mol. The number of allylic oxidation sites excluding steroid dienone is 1. The van der Waals surface area contributed by atoms with Crippen LogP contribution in [0.4, 0.5) is 5.69 Å². The summed E-state index contributed by atoms with van der Waals surface area (Å²) in [6, 6.07) is 8.20. The Bertz CT molecular complexity index is 1120. The second-order valence-corrected chi connectivity index (χ2v) is 11.5. The van der Waals surface area contributed by atoms with Gasteiger partial charge in [0.2, 0.25) is 5.91 Å². The van der Waals surface area contributed by atoms with Crippen LogP contribution >= 0.6 is 0 Å². The normalized spacial score (nSPS) is 13.1. The maximum Gasteiger partial charge on any atom is 0.223 e. The number of amides is 1. The van der Waals surface area contributed by atoms with Crippen molar-refractivity contribution in [3.8, 4) is 0 Å². The van der Waals surface area contributed by atoms with Gasteiger partial charge in [0.1, 0.15) is 11.3 Å². The van der Waals surface area contributed by atoms with E-state index >= 15 is 0 Å². The number of nitrogens with zero attached hydrogens (tertiary/aromatic N) is 2. The van der Waals surface area contributed by atoms with Gasteiger partial charge in [0.25, 0.3) is 0 Å². The number of hydrogen-bond donors (Lipinski definition) is 1. The van der Waals surface area contributed by atoms with Crippen LogP contribution < -0.4 is 10.6 Å². The molecule has 0 fully saturated rings. The number of fused-ring (bicyclic) bond motifs is 1. The van der Waals surface area contributed by atoms with E-state index in [0.29, 0.717) is 18.9 Å². The van der Waals surface area contributed by atoms with E-state index in [1.165, 1.54) is 0 Å². The van der Waals surface area contributed by atoms with Gasteiger partial charge >= 0.3 is 0 Å². The number of hydrogen-bond acceptors (Lipinski definition) is 5. The zero-order valence-corrected chi connectivity index (χ0v) is 24.2. The van der Waals surface area contributed by atoms with Crippen LogP contribution in [0, 0.1) is 11.3 Å². The molecule has 0 aliphatic heterocycles. The average Bonchev–Trinajstić information content (AvgIpc) is 3.29. The molecule has 1 aromatic heterocycles. The first-order valence-corrected chi connectivity index (χ1v) is 13.2.